The smallest absolute Gasteiger partial charge is 0.290 e. The zero-order chi connectivity index (χ0) is 19.3. The lowest BCUT2D eigenvalue weighted by atomic mass is 9.71. The number of hydrogen-bond acceptors (Lipinski definition) is 5. The van der Waals surface area contributed by atoms with Gasteiger partial charge in [0.1, 0.15) is 0 Å². The Balaban J connectivity index is 0.000000758. The summed E-state index contributed by atoms with van der Waals surface area (Å²) in [5.74, 6) is 0.165. The van der Waals surface area contributed by atoms with E-state index in [2.05, 4.69) is 4.90 Å². The number of likely N-dealkylation sites (tertiary alicyclic amines) is 2. The maximum absolute atomic E-state index is 12.6. The van der Waals surface area contributed by atoms with E-state index in [1.165, 1.54) is 0 Å². The van der Waals surface area contributed by atoms with Crippen molar-refractivity contribution in [3.8, 4) is 0 Å². The van der Waals surface area contributed by atoms with Gasteiger partial charge in [-0.05, 0) is 38.4 Å². The molecule has 2 aliphatic heterocycles. The van der Waals surface area contributed by atoms with Gasteiger partial charge < -0.3 is 19.7 Å². The number of aromatic nitrogens is 1. The molecular weight excluding hydrogens is 338 g/mol. The van der Waals surface area contributed by atoms with Crippen LogP contribution in [-0.2, 0) is 23.2 Å². The SMILES string of the molecule is CN1CC(O)CC2(CCN(Cc3cccn(C)c3=O)CC2)C1=O.O=CO. The molecule has 2 N–H and O–H groups in total. The van der Waals surface area contributed by atoms with Crippen LogP contribution < -0.4 is 5.56 Å². The summed E-state index contributed by atoms with van der Waals surface area (Å²) >= 11 is 0. The molecule has 26 heavy (non-hydrogen) atoms. The van der Waals surface area contributed by atoms with Gasteiger partial charge in [-0.25, -0.2) is 0 Å². The van der Waals surface area contributed by atoms with Crippen LogP contribution in [0.25, 0.3) is 0 Å². The van der Waals surface area contributed by atoms with Crippen molar-refractivity contribution < 1.29 is 19.8 Å². The Morgan fingerprint density at radius 2 is 1.88 bits per heavy atom. The van der Waals surface area contributed by atoms with Gasteiger partial charge in [0.25, 0.3) is 12.0 Å². The van der Waals surface area contributed by atoms with Crippen molar-refractivity contribution in [2.75, 3.05) is 26.7 Å². The van der Waals surface area contributed by atoms with Crippen LogP contribution in [0.5, 0.6) is 0 Å². The molecule has 144 valence electrons. The number of aryl methyl sites for hydroxylation is 1. The Morgan fingerprint density at radius 1 is 1.27 bits per heavy atom. The number of aliphatic hydroxyl groups is 1. The second-order valence-corrected chi connectivity index (χ2v) is 7.15. The lowest BCUT2D eigenvalue weighted by molar-refractivity contribution is -0.154. The molecule has 0 saturated carbocycles. The van der Waals surface area contributed by atoms with Gasteiger partial charge in [-0.15, -0.1) is 0 Å². The summed E-state index contributed by atoms with van der Waals surface area (Å²) in [5, 5.41) is 16.9. The monoisotopic (exact) mass is 365 g/mol. The Morgan fingerprint density at radius 3 is 2.50 bits per heavy atom. The van der Waals surface area contributed by atoms with E-state index in [-0.39, 0.29) is 17.9 Å². The van der Waals surface area contributed by atoms with E-state index in [1.54, 1.807) is 29.8 Å². The predicted molar refractivity (Wildman–Crippen MR) is 95.6 cm³/mol. The van der Waals surface area contributed by atoms with Gasteiger partial charge in [-0.2, -0.15) is 0 Å². The molecule has 2 saturated heterocycles. The van der Waals surface area contributed by atoms with Crippen LogP contribution in [0.4, 0.5) is 0 Å². The van der Waals surface area contributed by atoms with Crippen molar-refractivity contribution in [1.82, 2.24) is 14.4 Å². The topological polar surface area (TPSA) is 103 Å². The second-order valence-electron chi connectivity index (χ2n) is 7.15. The van der Waals surface area contributed by atoms with Crippen LogP contribution in [0.3, 0.4) is 0 Å². The molecular formula is C18H27N3O5. The van der Waals surface area contributed by atoms with Crippen molar-refractivity contribution in [2.24, 2.45) is 12.5 Å². The molecule has 2 fully saturated rings. The molecule has 2 aliphatic rings. The number of aliphatic hydroxyl groups excluding tert-OH is 1. The summed E-state index contributed by atoms with van der Waals surface area (Å²) in [7, 11) is 3.53. The molecule has 0 radical (unpaired) electrons. The summed E-state index contributed by atoms with van der Waals surface area (Å²) < 4.78 is 1.59. The van der Waals surface area contributed by atoms with Gasteiger partial charge in [0, 0.05) is 38.9 Å². The van der Waals surface area contributed by atoms with Crippen molar-refractivity contribution in [3.05, 3.63) is 34.2 Å². The number of hydrogen-bond donors (Lipinski definition) is 2. The van der Waals surface area contributed by atoms with Crippen LogP contribution >= 0.6 is 0 Å². The molecule has 1 aromatic rings. The molecule has 1 spiro atoms. The Labute approximate surface area is 152 Å². The molecule has 0 aromatic carbocycles. The highest BCUT2D eigenvalue weighted by Crippen LogP contribution is 2.40. The summed E-state index contributed by atoms with van der Waals surface area (Å²) in [6.45, 7) is 2.37. The lowest BCUT2D eigenvalue weighted by Gasteiger charge is -2.47. The first kappa shape index (κ1) is 20.1. The van der Waals surface area contributed by atoms with Crippen molar-refractivity contribution in [1.29, 1.82) is 0 Å². The average molecular weight is 365 g/mol. The molecule has 1 unspecified atom stereocenters. The summed E-state index contributed by atoms with van der Waals surface area (Å²) in [4.78, 5) is 36.9. The van der Waals surface area contributed by atoms with Crippen molar-refractivity contribution >= 4 is 12.4 Å². The molecule has 1 atom stereocenters. The molecule has 3 heterocycles. The minimum atomic E-state index is -0.425. The van der Waals surface area contributed by atoms with Gasteiger partial charge in [0.05, 0.1) is 11.5 Å². The molecule has 1 aromatic heterocycles. The van der Waals surface area contributed by atoms with E-state index >= 15 is 0 Å². The third-order valence-electron chi connectivity index (χ3n) is 5.32. The first-order chi connectivity index (χ1) is 12.3. The van der Waals surface area contributed by atoms with Crippen molar-refractivity contribution in [3.63, 3.8) is 0 Å². The fraction of sp³-hybridized carbons (Fsp3) is 0.611. The molecule has 1 amide bonds. The quantitative estimate of drug-likeness (QED) is 0.709. The highest BCUT2D eigenvalue weighted by Gasteiger charge is 2.47. The maximum Gasteiger partial charge on any atom is 0.290 e. The van der Waals surface area contributed by atoms with Gasteiger partial charge in [-0.3, -0.25) is 19.3 Å². The minimum Gasteiger partial charge on any atom is -0.483 e. The third-order valence-corrected chi connectivity index (χ3v) is 5.32. The highest BCUT2D eigenvalue weighted by atomic mass is 16.3. The van der Waals surface area contributed by atoms with E-state index in [0.717, 1.165) is 31.5 Å². The zero-order valence-corrected chi connectivity index (χ0v) is 15.3. The largest absolute Gasteiger partial charge is 0.483 e. The number of carbonyl (C=O) groups excluding carboxylic acids is 1. The van der Waals surface area contributed by atoms with E-state index < -0.39 is 11.5 Å². The number of rotatable bonds is 2. The zero-order valence-electron chi connectivity index (χ0n) is 15.3. The Bertz CT molecular complexity index is 694. The molecule has 3 rings (SSSR count). The predicted octanol–water partition coefficient (Wildman–Crippen LogP) is -0.109. The molecule has 8 nitrogen and oxygen atoms in total. The lowest BCUT2D eigenvalue weighted by Crippen LogP contribution is -2.56. The number of piperidine rings is 2. The number of carbonyl (C=O) groups is 2. The number of pyridine rings is 1. The van der Waals surface area contributed by atoms with Crippen LogP contribution in [-0.4, -0.2) is 69.7 Å². The first-order valence-corrected chi connectivity index (χ1v) is 8.71. The number of β-amino-alcohol motifs (C(OH)–C–C–N with tert-alkyl or cyclic N) is 1. The summed E-state index contributed by atoms with van der Waals surface area (Å²) in [5.41, 5.74) is 0.416. The number of nitrogens with zero attached hydrogens (tertiary/aromatic N) is 3. The fourth-order valence-corrected chi connectivity index (χ4v) is 3.98. The van der Waals surface area contributed by atoms with Crippen molar-refractivity contribution in [2.45, 2.75) is 31.9 Å². The maximum atomic E-state index is 12.6. The van der Waals surface area contributed by atoms with Gasteiger partial charge in [-0.1, -0.05) is 6.07 Å². The number of amides is 1. The van der Waals surface area contributed by atoms with Crippen LogP contribution in [0.15, 0.2) is 23.1 Å². The normalized spacial score (nSPS) is 22.7. The fourth-order valence-electron chi connectivity index (χ4n) is 3.98. The van der Waals surface area contributed by atoms with Crippen LogP contribution in [0, 0.1) is 5.41 Å². The number of carboxylic acid groups (broad SMARTS) is 1. The van der Waals surface area contributed by atoms with Gasteiger partial charge in [0.15, 0.2) is 0 Å². The molecule has 0 bridgehead atoms. The Hall–Kier alpha value is -2.19. The standard InChI is InChI=1S/C17H25N3O3.CH2O2/c1-18-7-3-4-13(15(18)22)11-20-8-5-17(6-9-20)10-14(21)12-19(2)16(17)23;2-1-3/h3-4,7,14,21H,5-6,8-12H2,1-2H3;1H,(H,2,3). The Kier molecular flexibility index (Phi) is 6.55. The van der Waals surface area contributed by atoms with E-state index in [9.17, 15) is 14.7 Å². The first-order valence-electron chi connectivity index (χ1n) is 8.71. The van der Waals surface area contributed by atoms with E-state index in [4.69, 9.17) is 9.90 Å². The average Bonchev–Trinajstić information content (AvgIpc) is 2.59. The van der Waals surface area contributed by atoms with Gasteiger partial charge >= 0.3 is 0 Å². The van der Waals surface area contributed by atoms with E-state index in [0.29, 0.717) is 19.5 Å². The number of likely N-dealkylation sites (N-methyl/N-ethyl adjacent to an activating group) is 1. The summed E-state index contributed by atoms with van der Waals surface area (Å²) in [6.07, 6.45) is 3.40. The third kappa shape index (κ3) is 4.31. The molecule has 0 aliphatic carbocycles. The minimum absolute atomic E-state index is 0.0386. The second kappa shape index (κ2) is 8.46. The van der Waals surface area contributed by atoms with E-state index in [1.807, 2.05) is 12.1 Å². The van der Waals surface area contributed by atoms with Crippen LogP contribution in [0.2, 0.25) is 0 Å². The van der Waals surface area contributed by atoms with Crippen LogP contribution in [0.1, 0.15) is 24.8 Å². The highest BCUT2D eigenvalue weighted by molar-refractivity contribution is 5.83. The summed E-state index contributed by atoms with van der Waals surface area (Å²) in [6, 6.07) is 3.76. The van der Waals surface area contributed by atoms with Gasteiger partial charge in [0.2, 0.25) is 5.91 Å². The molecule has 8 heteroatoms.